The first kappa shape index (κ1) is 17.8. The maximum absolute atomic E-state index is 12.1. The van der Waals surface area contributed by atoms with Crippen LogP contribution in [0, 0.1) is 5.41 Å². The van der Waals surface area contributed by atoms with Crippen molar-refractivity contribution in [2.24, 2.45) is 5.41 Å². The number of rotatable bonds is 5. The predicted molar refractivity (Wildman–Crippen MR) is 93.0 cm³/mol. The Bertz CT molecular complexity index is 642. The quantitative estimate of drug-likeness (QED) is 0.799. The number of piperidine rings is 1. The van der Waals surface area contributed by atoms with E-state index in [9.17, 15) is 8.42 Å². The highest BCUT2D eigenvalue weighted by Gasteiger charge is 2.48. The van der Waals surface area contributed by atoms with Crippen molar-refractivity contribution in [3.8, 4) is 0 Å². The number of ether oxygens (including phenoxy) is 1. The molecule has 24 heavy (non-hydrogen) atoms. The molecule has 3 heterocycles. The van der Waals surface area contributed by atoms with Crippen LogP contribution in [0.4, 0.5) is 0 Å². The third kappa shape index (κ3) is 3.96. The Balaban J connectivity index is 1.62. The smallest absolute Gasteiger partial charge is 0.211 e. The second-order valence-electron chi connectivity index (χ2n) is 7.26. The van der Waals surface area contributed by atoms with Crippen LogP contribution >= 0.6 is 0 Å². The van der Waals surface area contributed by atoms with Gasteiger partial charge in [0, 0.05) is 38.6 Å². The van der Waals surface area contributed by atoms with E-state index in [0.717, 1.165) is 38.9 Å². The van der Waals surface area contributed by atoms with Crippen molar-refractivity contribution in [2.75, 3.05) is 39.6 Å². The zero-order valence-electron chi connectivity index (χ0n) is 14.5. The summed E-state index contributed by atoms with van der Waals surface area (Å²) >= 11 is 0. The maximum Gasteiger partial charge on any atom is 0.211 e. The van der Waals surface area contributed by atoms with Crippen molar-refractivity contribution in [1.82, 2.24) is 14.2 Å². The van der Waals surface area contributed by atoms with Gasteiger partial charge in [-0.3, -0.25) is 9.88 Å². The molecule has 7 heteroatoms. The molecule has 0 aromatic carbocycles. The Morgan fingerprint density at radius 1 is 1.38 bits per heavy atom. The molecular weight excluding hydrogens is 326 g/mol. The number of pyridine rings is 1. The summed E-state index contributed by atoms with van der Waals surface area (Å²) in [6.07, 6.45) is 8.02. The zero-order chi connectivity index (χ0) is 17.2. The van der Waals surface area contributed by atoms with E-state index >= 15 is 0 Å². The SMILES string of the molecule is COC[C@@H]1CC2(CCN(Cc3cccnc3)CC2)CN1S(C)(=O)=O. The van der Waals surface area contributed by atoms with Crippen LogP contribution in [0.25, 0.3) is 0 Å². The normalized spacial score (nSPS) is 25.3. The average Bonchev–Trinajstić information content (AvgIpc) is 2.90. The van der Waals surface area contributed by atoms with Crippen molar-refractivity contribution < 1.29 is 13.2 Å². The van der Waals surface area contributed by atoms with Crippen LogP contribution in [0.15, 0.2) is 24.5 Å². The average molecular weight is 353 g/mol. The van der Waals surface area contributed by atoms with Gasteiger partial charge in [-0.25, -0.2) is 8.42 Å². The molecule has 2 aliphatic rings. The van der Waals surface area contributed by atoms with Gasteiger partial charge in [-0.1, -0.05) is 6.07 Å². The minimum absolute atomic E-state index is 0.0186. The molecule has 1 atom stereocenters. The van der Waals surface area contributed by atoms with Crippen molar-refractivity contribution in [1.29, 1.82) is 0 Å². The first-order valence-corrected chi connectivity index (χ1v) is 10.3. The van der Waals surface area contributed by atoms with Gasteiger partial charge < -0.3 is 4.74 Å². The predicted octanol–water partition coefficient (Wildman–Crippen LogP) is 1.34. The Kier molecular flexibility index (Phi) is 5.24. The third-order valence-electron chi connectivity index (χ3n) is 5.40. The molecular formula is C17H27N3O3S. The molecule has 0 aliphatic carbocycles. The fraction of sp³-hybridized carbons (Fsp3) is 0.706. The van der Waals surface area contributed by atoms with Gasteiger partial charge in [0.1, 0.15) is 0 Å². The van der Waals surface area contributed by atoms with Crippen molar-refractivity contribution >= 4 is 10.0 Å². The highest BCUT2D eigenvalue weighted by atomic mass is 32.2. The molecule has 6 nitrogen and oxygen atoms in total. The van der Waals surface area contributed by atoms with Crippen LogP contribution in [0.5, 0.6) is 0 Å². The fourth-order valence-corrected chi connectivity index (χ4v) is 5.33. The van der Waals surface area contributed by atoms with Gasteiger partial charge in [-0.2, -0.15) is 4.31 Å². The first-order valence-electron chi connectivity index (χ1n) is 8.49. The summed E-state index contributed by atoms with van der Waals surface area (Å²) in [5, 5.41) is 0. The van der Waals surface area contributed by atoms with E-state index in [-0.39, 0.29) is 11.5 Å². The Morgan fingerprint density at radius 2 is 2.12 bits per heavy atom. The zero-order valence-corrected chi connectivity index (χ0v) is 15.3. The molecule has 0 amide bonds. The summed E-state index contributed by atoms with van der Waals surface area (Å²) in [6, 6.07) is 4.05. The summed E-state index contributed by atoms with van der Waals surface area (Å²) < 4.78 is 31.1. The van der Waals surface area contributed by atoms with Crippen LogP contribution in [0.1, 0.15) is 24.8 Å². The molecule has 1 aromatic heterocycles. The highest BCUT2D eigenvalue weighted by molar-refractivity contribution is 7.88. The van der Waals surface area contributed by atoms with E-state index in [0.29, 0.717) is 13.2 Å². The topological polar surface area (TPSA) is 62.7 Å². The number of aromatic nitrogens is 1. The van der Waals surface area contributed by atoms with E-state index in [4.69, 9.17) is 4.74 Å². The summed E-state index contributed by atoms with van der Waals surface area (Å²) in [6.45, 7) is 4.05. The fourth-order valence-electron chi connectivity index (χ4n) is 4.15. The molecule has 0 unspecified atom stereocenters. The molecule has 134 valence electrons. The van der Waals surface area contributed by atoms with Gasteiger partial charge in [0.25, 0.3) is 0 Å². The molecule has 0 radical (unpaired) electrons. The number of sulfonamides is 1. The van der Waals surface area contributed by atoms with Crippen molar-refractivity contribution in [2.45, 2.75) is 31.8 Å². The molecule has 0 bridgehead atoms. The third-order valence-corrected chi connectivity index (χ3v) is 6.68. The lowest BCUT2D eigenvalue weighted by molar-refractivity contribution is 0.105. The number of hydrogen-bond acceptors (Lipinski definition) is 5. The van der Waals surface area contributed by atoms with Gasteiger partial charge >= 0.3 is 0 Å². The lowest BCUT2D eigenvalue weighted by Gasteiger charge is -2.39. The van der Waals surface area contributed by atoms with Gasteiger partial charge in [0.15, 0.2) is 0 Å². The van der Waals surface area contributed by atoms with E-state index in [1.54, 1.807) is 17.6 Å². The van der Waals surface area contributed by atoms with Crippen LogP contribution in [-0.4, -0.2) is 68.3 Å². The second-order valence-corrected chi connectivity index (χ2v) is 9.19. The van der Waals surface area contributed by atoms with E-state index in [1.165, 1.54) is 11.8 Å². The minimum atomic E-state index is -3.18. The van der Waals surface area contributed by atoms with Gasteiger partial charge in [0.2, 0.25) is 10.0 Å². The summed E-state index contributed by atoms with van der Waals surface area (Å²) in [5.41, 5.74) is 1.34. The standard InChI is InChI=1S/C17H27N3O3S/c1-23-13-16-10-17(14-20(16)24(2,21)22)5-8-19(9-6-17)12-15-4-3-7-18-11-15/h3-4,7,11,16H,5-6,8-10,12-14H2,1-2H3/t16-/m0/s1. The van der Waals surface area contributed by atoms with Gasteiger partial charge in [0.05, 0.1) is 12.9 Å². The van der Waals surface area contributed by atoms with Gasteiger partial charge in [-0.15, -0.1) is 0 Å². The van der Waals surface area contributed by atoms with E-state index < -0.39 is 10.0 Å². The molecule has 1 spiro atoms. The molecule has 1 aromatic rings. The van der Waals surface area contributed by atoms with Crippen LogP contribution < -0.4 is 0 Å². The van der Waals surface area contributed by atoms with E-state index in [1.807, 2.05) is 12.3 Å². The van der Waals surface area contributed by atoms with Crippen LogP contribution in [0.3, 0.4) is 0 Å². The first-order chi connectivity index (χ1) is 11.4. The van der Waals surface area contributed by atoms with Gasteiger partial charge in [-0.05, 0) is 49.4 Å². The lowest BCUT2D eigenvalue weighted by Crippen LogP contribution is -2.42. The van der Waals surface area contributed by atoms with Crippen LogP contribution in [-0.2, 0) is 21.3 Å². The number of methoxy groups -OCH3 is 1. The molecule has 0 N–H and O–H groups in total. The van der Waals surface area contributed by atoms with Crippen molar-refractivity contribution in [3.05, 3.63) is 30.1 Å². The minimum Gasteiger partial charge on any atom is -0.383 e. The number of nitrogens with zero attached hydrogens (tertiary/aromatic N) is 3. The highest BCUT2D eigenvalue weighted by Crippen LogP contribution is 2.44. The van der Waals surface area contributed by atoms with Crippen LogP contribution in [0.2, 0.25) is 0 Å². The maximum atomic E-state index is 12.1. The Morgan fingerprint density at radius 3 is 2.71 bits per heavy atom. The largest absolute Gasteiger partial charge is 0.383 e. The molecule has 3 rings (SSSR count). The lowest BCUT2D eigenvalue weighted by atomic mass is 9.76. The molecule has 2 fully saturated rings. The molecule has 2 aliphatic heterocycles. The van der Waals surface area contributed by atoms with E-state index in [2.05, 4.69) is 16.0 Å². The number of hydrogen-bond donors (Lipinski definition) is 0. The summed E-state index contributed by atoms with van der Waals surface area (Å²) in [7, 11) is -1.54. The monoisotopic (exact) mass is 353 g/mol. The number of likely N-dealkylation sites (tertiary alicyclic amines) is 1. The Labute approximate surface area is 144 Å². The molecule has 2 saturated heterocycles. The molecule has 0 saturated carbocycles. The summed E-state index contributed by atoms with van der Waals surface area (Å²) in [5.74, 6) is 0. The second kappa shape index (κ2) is 7.07. The Hall–Kier alpha value is -1.02. The summed E-state index contributed by atoms with van der Waals surface area (Å²) in [4.78, 5) is 6.62. The van der Waals surface area contributed by atoms with Crippen molar-refractivity contribution in [3.63, 3.8) is 0 Å².